The fraction of sp³-hybridized carbons (Fsp3) is 0. The molecule has 0 heterocycles. The standard InChI is InChI=1S/C17H13NO2/c19-16-10-9-12-5-1-2-6-13(12)14(16)11-18-15-7-3-4-8-17(15)20/h1-11,19-20H/b18-11+. The van der Waals surface area contributed by atoms with Crippen LogP contribution in [0.15, 0.2) is 65.7 Å². The lowest BCUT2D eigenvalue weighted by Gasteiger charge is -2.04. The topological polar surface area (TPSA) is 52.8 Å². The van der Waals surface area contributed by atoms with Gasteiger partial charge in [-0.1, -0.05) is 42.5 Å². The first-order valence-electron chi connectivity index (χ1n) is 6.28. The summed E-state index contributed by atoms with van der Waals surface area (Å²) in [5.41, 5.74) is 1.12. The molecule has 0 bridgehead atoms. The highest BCUT2D eigenvalue weighted by molar-refractivity contribution is 6.03. The Morgan fingerprint density at radius 3 is 2.35 bits per heavy atom. The van der Waals surface area contributed by atoms with E-state index in [1.807, 2.05) is 30.3 Å². The Hall–Kier alpha value is -2.81. The number of aromatic hydroxyl groups is 2. The average Bonchev–Trinajstić information content (AvgIpc) is 2.48. The normalized spacial score (nSPS) is 11.2. The van der Waals surface area contributed by atoms with Crippen molar-refractivity contribution in [3.8, 4) is 11.5 Å². The van der Waals surface area contributed by atoms with E-state index < -0.39 is 0 Å². The molecule has 0 saturated heterocycles. The molecule has 0 unspecified atom stereocenters. The molecule has 0 aromatic heterocycles. The van der Waals surface area contributed by atoms with Crippen LogP contribution < -0.4 is 0 Å². The summed E-state index contributed by atoms with van der Waals surface area (Å²) in [6.45, 7) is 0. The van der Waals surface area contributed by atoms with Crippen LogP contribution in [0, 0.1) is 0 Å². The highest BCUT2D eigenvalue weighted by atomic mass is 16.3. The Morgan fingerprint density at radius 2 is 1.50 bits per heavy atom. The fourth-order valence-corrected chi connectivity index (χ4v) is 2.13. The molecule has 3 heteroatoms. The largest absolute Gasteiger partial charge is 0.507 e. The van der Waals surface area contributed by atoms with E-state index in [4.69, 9.17) is 0 Å². The zero-order valence-corrected chi connectivity index (χ0v) is 10.7. The van der Waals surface area contributed by atoms with Gasteiger partial charge in [0.15, 0.2) is 0 Å². The summed E-state index contributed by atoms with van der Waals surface area (Å²) in [6, 6.07) is 18.1. The van der Waals surface area contributed by atoms with Crippen LogP contribution in [-0.4, -0.2) is 16.4 Å². The molecule has 0 fully saturated rings. The lowest BCUT2D eigenvalue weighted by atomic mass is 10.0. The van der Waals surface area contributed by atoms with Crippen LogP contribution in [0.25, 0.3) is 10.8 Å². The molecule has 0 atom stereocenters. The number of para-hydroxylation sites is 2. The van der Waals surface area contributed by atoms with Gasteiger partial charge in [-0.3, -0.25) is 4.99 Å². The maximum absolute atomic E-state index is 10.0. The van der Waals surface area contributed by atoms with Gasteiger partial charge in [0, 0.05) is 11.8 Å². The van der Waals surface area contributed by atoms with Gasteiger partial charge in [0.2, 0.25) is 0 Å². The van der Waals surface area contributed by atoms with Gasteiger partial charge < -0.3 is 10.2 Å². The van der Waals surface area contributed by atoms with E-state index in [2.05, 4.69) is 4.99 Å². The highest BCUT2D eigenvalue weighted by Crippen LogP contribution is 2.28. The Bertz CT molecular complexity index is 794. The van der Waals surface area contributed by atoms with Crippen molar-refractivity contribution >= 4 is 22.7 Å². The molecule has 0 aliphatic carbocycles. The SMILES string of the molecule is Oc1ccccc1/N=C/c1c(O)ccc2ccccc12. The zero-order valence-electron chi connectivity index (χ0n) is 10.7. The third-order valence-corrected chi connectivity index (χ3v) is 3.16. The molecule has 0 amide bonds. The minimum absolute atomic E-state index is 0.114. The first kappa shape index (κ1) is 12.2. The molecule has 3 rings (SSSR count). The molecule has 3 aromatic rings. The molecule has 0 radical (unpaired) electrons. The van der Waals surface area contributed by atoms with E-state index in [9.17, 15) is 10.2 Å². The number of hydrogen-bond donors (Lipinski definition) is 2. The molecule has 0 saturated carbocycles. The minimum atomic E-state index is 0.114. The third kappa shape index (κ3) is 2.21. The Balaban J connectivity index is 2.11. The number of phenolic OH excluding ortho intramolecular Hbond substituents is 2. The second kappa shape index (κ2) is 5.05. The second-order valence-electron chi connectivity index (χ2n) is 4.47. The Labute approximate surface area is 116 Å². The summed E-state index contributed by atoms with van der Waals surface area (Å²) in [6.07, 6.45) is 1.58. The van der Waals surface area contributed by atoms with Crippen molar-refractivity contribution in [1.82, 2.24) is 0 Å². The van der Waals surface area contributed by atoms with Gasteiger partial charge >= 0.3 is 0 Å². The van der Waals surface area contributed by atoms with E-state index in [1.165, 1.54) is 0 Å². The highest BCUT2D eigenvalue weighted by Gasteiger charge is 2.04. The Kier molecular flexibility index (Phi) is 3.09. The molecular formula is C17H13NO2. The van der Waals surface area contributed by atoms with Gasteiger partial charge in [-0.25, -0.2) is 0 Å². The maximum atomic E-state index is 10.0. The van der Waals surface area contributed by atoms with E-state index in [-0.39, 0.29) is 11.5 Å². The number of fused-ring (bicyclic) bond motifs is 1. The number of hydrogen-bond acceptors (Lipinski definition) is 3. The van der Waals surface area contributed by atoms with Gasteiger partial charge in [-0.05, 0) is 29.0 Å². The number of benzene rings is 3. The van der Waals surface area contributed by atoms with E-state index >= 15 is 0 Å². The monoisotopic (exact) mass is 263 g/mol. The predicted octanol–water partition coefficient (Wildman–Crippen LogP) is 4.00. The summed E-state index contributed by atoms with van der Waals surface area (Å²) in [5.74, 6) is 0.284. The summed E-state index contributed by atoms with van der Waals surface area (Å²) in [7, 11) is 0. The van der Waals surface area contributed by atoms with E-state index in [0.29, 0.717) is 11.3 Å². The molecule has 3 aromatic carbocycles. The Morgan fingerprint density at radius 1 is 0.750 bits per heavy atom. The summed E-state index contributed by atoms with van der Waals surface area (Å²) < 4.78 is 0. The number of nitrogens with zero attached hydrogens (tertiary/aromatic N) is 1. The maximum Gasteiger partial charge on any atom is 0.141 e. The van der Waals surface area contributed by atoms with Crippen molar-refractivity contribution in [3.05, 3.63) is 66.2 Å². The van der Waals surface area contributed by atoms with Crippen LogP contribution in [-0.2, 0) is 0 Å². The molecule has 2 N–H and O–H groups in total. The van der Waals surface area contributed by atoms with Crippen LogP contribution >= 0.6 is 0 Å². The zero-order chi connectivity index (χ0) is 13.9. The van der Waals surface area contributed by atoms with Crippen LogP contribution in [0.3, 0.4) is 0 Å². The molecular weight excluding hydrogens is 250 g/mol. The second-order valence-corrected chi connectivity index (χ2v) is 4.47. The van der Waals surface area contributed by atoms with Gasteiger partial charge in [0.05, 0.1) is 0 Å². The van der Waals surface area contributed by atoms with Gasteiger partial charge in [-0.15, -0.1) is 0 Å². The molecule has 0 aliphatic rings. The molecule has 20 heavy (non-hydrogen) atoms. The van der Waals surface area contributed by atoms with E-state index in [1.54, 1.807) is 36.5 Å². The molecule has 0 spiro atoms. The molecule has 98 valence electrons. The van der Waals surface area contributed by atoms with Crippen LogP contribution in [0.4, 0.5) is 5.69 Å². The van der Waals surface area contributed by atoms with Gasteiger partial charge in [0.25, 0.3) is 0 Å². The number of rotatable bonds is 2. The van der Waals surface area contributed by atoms with Gasteiger partial charge in [0.1, 0.15) is 17.2 Å². The van der Waals surface area contributed by atoms with Crippen molar-refractivity contribution in [2.24, 2.45) is 4.99 Å². The van der Waals surface area contributed by atoms with Crippen molar-refractivity contribution in [1.29, 1.82) is 0 Å². The minimum Gasteiger partial charge on any atom is -0.507 e. The van der Waals surface area contributed by atoms with E-state index in [0.717, 1.165) is 10.8 Å². The quantitative estimate of drug-likeness (QED) is 0.686. The summed E-state index contributed by atoms with van der Waals surface area (Å²) in [5, 5.41) is 21.7. The first-order valence-corrected chi connectivity index (χ1v) is 6.28. The predicted molar refractivity (Wildman–Crippen MR) is 81.0 cm³/mol. The lowest BCUT2D eigenvalue weighted by Crippen LogP contribution is -1.85. The van der Waals surface area contributed by atoms with Crippen molar-refractivity contribution in [3.63, 3.8) is 0 Å². The smallest absolute Gasteiger partial charge is 0.141 e. The lowest BCUT2D eigenvalue weighted by molar-refractivity contribution is 0.474. The number of aliphatic imine (C=N–C) groups is 1. The van der Waals surface area contributed by atoms with Crippen molar-refractivity contribution in [2.45, 2.75) is 0 Å². The van der Waals surface area contributed by atoms with Crippen LogP contribution in [0.5, 0.6) is 11.5 Å². The number of phenols is 2. The average molecular weight is 263 g/mol. The summed E-state index contributed by atoms with van der Waals surface area (Å²) >= 11 is 0. The van der Waals surface area contributed by atoms with Crippen molar-refractivity contribution in [2.75, 3.05) is 0 Å². The van der Waals surface area contributed by atoms with Crippen LogP contribution in [0.2, 0.25) is 0 Å². The van der Waals surface area contributed by atoms with Gasteiger partial charge in [-0.2, -0.15) is 0 Å². The van der Waals surface area contributed by atoms with Crippen molar-refractivity contribution < 1.29 is 10.2 Å². The first-order chi connectivity index (χ1) is 9.75. The molecule has 3 nitrogen and oxygen atoms in total. The molecule has 0 aliphatic heterocycles. The summed E-state index contributed by atoms with van der Waals surface area (Å²) in [4.78, 5) is 4.25. The van der Waals surface area contributed by atoms with Crippen LogP contribution in [0.1, 0.15) is 5.56 Å². The fourth-order valence-electron chi connectivity index (χ4n) is 2.13. The third-order valence-electron chi connectivity index (χ3n) is 3.16.